The van der Waals surface area contributed by atoms with E-state index in [0.717, 1.165) is 22.9 Å². The van der Waals surface area contributed by atoms with Crippen molar-refractivity contribution in [1.82, 2.24) is 15.3 Å². The van der Waals surface area contributed by atoms with Gasteiger partial charge in [0.05, 0.1) is 10.7 Å². The third-order valence-corrected chi connectivity index (χ3v) is 5.06. The minimum absolute atomic E-state index is 0.110. The fourth-order valence-electron chi connectivity index (χ4n) is 1.79. The predicted octanol–water partition coefficient (Wildman–Crippen LogP) is 3.90. The fraction of sp³-hybridized carbons (Fsp3) is 0.571. The second-order valence-electron chi connectivity index (χ2n) is 5.65. The van der Waals surface area contributed by atoms with Gasteiger partial charge in [-0.1, -0.05) is 27.7 Å². The molecule has 2 aromatic rings. The van der Waals surface area contributed by atoms with E-state index in [0.29, 0.717) is 0 Å². The molecule has 0 fully saturated rings. The van der Waals surface area contributed by atoms with Crippen molar-refractivity contribution >= 4 is 22.7 Å². The number of nitrogens with zero attached hydrogens (tertiary/aromatic N) is 2. The van der Waals surface area contributed by atoms with Crippen LogP contribution < -0.4 is 5.32 Å². The molecule has 2 heterocycles. The number of aromatic nitrogens is 2. The van der Waals surface area contributed by atoms with Crippen LogP contribution in [0.1, 0.15) is 55.1 Å². The molecule has 0 aromatic carbocycles. The van der Waals surface area contributed by atoms with Crippen LogP contribution in [0.15, 0.2) is 10.8 Å². The highest BCUT2D eigenvalue weighted by atomic mass is 32.1. The van der Waals surface area contributed by atoms with Crippen LogP contribution in [0.25, 0.3) is 0 Å². The quantitative estimate of drug-likeness (QED) is 0.929. The Morgan fingerprint density at radius 2 is 1.95 bits per heavy atom. The van der Waals surface area contributed by atoms with Gasteiger partial charge in [-0.15, -0.1) is 22.7 Å². The molecule has 0 spiro atoms. The number of hydrogen-bond donors (Lipinski definition) is 1. The molecule has 0 aliphatic carbocycles. The Morgan fingerprint density at radius 3 is 2.42 bits per heavy atom. The average Bonchev–Trinajstić information content (AvgIpc) is 2.93. The number of aryl methyl sites for hydroxylation is 1. The molecular formula is C14H21N3S2. The zero-order chi connectivity index (χ0) is 14.0. The lowest BCUT2D eigenvalue weighted by molar-refractivity contribution is 0.569. The van der Waals surface area contributed by atoms with E-state index in [4.69, 9.17) is 4.98 Å². The number of rotatable bonds is 4. The molecule has 104 valence electrons. The van der Waals surface area contributed by atoms with Gasteiger partial charge in [-0.3, -0.25) is 0 Å². The summed E-state index contributed by atoms with van der Waals surface area (Å²) in [5, 5.41) is 10.0. The highest BCUT2D eigenvalue weighted by Gasteiger charge is 2.23. The normalized spacial score (nSPS) is 13.7. The zero-order valence-corrected chi connectivity index (χ0v) is 13.8. The van der Waals surface area contributed by atoms with Crippen LogP contribution >= 0.6 is 22.7 Å². The highest BCUT2D eigenvalue weighted by Crippen LogP contribution is 2.31. The molecule has 3 nitrogen and oxygen atoms in total. The van der Waals surface area contributed by atoms with Crippen LogP contribution in [0.3, 0.4) is 0 Å². The van der Waals surface area contributed by atoms with Gasteiger partial charge in [-0.2, -0.15) is 0 Å². The first kappa shape index (κ1) is 14.6. The van der Waals surface area contributed by atoms with E-state index in [2.05, 4.69) is 48.8 Å². The van der Waals surface area contributed by atoms with E-state index in [-0.39, 0.29) is 11.5 Å². The van der Waals surface area contributed by atoms with E-state index in [1.54, 1.807) is 22.7 Å². The Labute approximate surface area is 123 Å². The van der Waals surface area contributed by atoms with Crippen molar-refractivity contribution in [2.24, 2.45) is 0 Å². The summed E-state index contributed by atoms with van der Waals surface area (Å²) in [6, 6.07) is 0.121. The second kappa shape index (κ2) is 5.69. The van der Waals surface area contributed by atoms with Gasteiger partial charge in [0.25, 0.3) is 0 Å². The lowest BCUT2D eigenvalue weighted by atomic mass is 9.98. The summed E-state index contributed by atoms with van der Waals surface area (Å²) < 4.78 is 0. The number of nitrogens with one attached hydrogen (secondary N) is 1. The molecule has 0 bridgehead atoms. The van der Waals surface area contributed by atoms with Crippen LogP contribution in [-0.2, 0) is 5.41 Å². The van der Waals surface area contributed by atoms with Crippen LogP contribution in [-0.4, -0.2) is 16.5 Å². The number of thiazole rings is 2. The molecule has 0 saturated carbocycles. The first-order valence-corrected chi connectivity index (χ1v) is 8.29. The average molecular weight is 295 g/mol. The maximum Gasteiger partial charge on any atom is 0.116 e. The minimum Gasteiger partial charge on any atom is -0.303 e. The fourth-order valence-corrected chi connectivity index (χ4v) is 3.60. The lowest BCUT2D eigenvalue weighted by Gasteiger charge is -2.15. The first-order chi connectivity index (χ1) is 8.91. The SMILES string of the molecule is CCNC(c1csc(C(C)(C)C)n1)c1nc(C)cs1. The lowest BCUT2D eigenvalue weighted by Crippen LogP contribution is -2.22. The Balaban J connectivity index is 2.32. The summed E-state index contributed by atoms with van der Waals surface area (Å²) in [5.74, 6) is 0. The molecule has 2 aromatic heterocycles. The van der Waals surface area contributed by atoms with Gasteiger partial charge in [0.2, 0.25) is 0 Å². The highest BCUT2D eigenvalue weighted by molar-refractivity contribution is 7.10. The van der Waals surface area contributed by atoms with Crippen molar-refractivity contribution in [2.45, 2.75) is 46.1 Å². The smallest absolute Gasteiger partial charge is 0.116 e. The molecule has 0 saturated heterocycles. The molecule has 0 aliphatic heterocycles. The third kappa shape index (κ3) is 3.41. The Kier molecular flexibility index (Phi) is 4.38. The van der Waals surface area contributed by atoms with Gasteiger partial charge in [0.1, 0.15) is 11.0 Å². The van der Waals surface area contributed by atoms with E-state index >= 15 is 0 Å². The Morgan fingerprint density at radius 1 is 1.21 bits per heavy atom. The monoisotopic (exact) mass is 295 g/mol. The number of hydrogen-bond acceptors (Lipinski definition) is 5. The van der Waals surface area contributed by atoms with Crippen LogP contribution in [0, 0.1) is 6.92 Å². The molecule has 2 rings (SSSR count). The Bertz CT molecular complexity index is 537. The molecule has 5 heteroatoms. The summed E-state index contributed by atoms with van der Waals surface area (Å²) >= 11 is 3.44. The standard InChI is InChI=1S/C14H21N3S2/c1-6-15-11(12-16-9(2)7-18-12)10-8-19-13(17-10)14(3,4)5/h7-8,11,15H,6H2,1-5H3. The molecule has 0 aliphatic rings. The molecule has 0 radical (unpaired) electrons. The van der Waals surface area contributed by atoms with E-state index < -0.39 is 0 Å². The maximum atomic E-state index is 4.81. The molecule has 1 unspecified atom stereocenters. The first-order valence-electron chi connectivity index (χ1n) is 6.53. The van der Waals surface area contributed by atoms with Gasteiger partial charge >= 0.3 is 0 Å². The topological polar surface area (TPSA) is 37.8 Å². The van der Waals surface area contributed by atoms with Gasteiger partial charge < -0.3 is 5.32 Å². The summed E-state index contributed by atoms with van der Waals surface area (Å²) in [4.78, 5) is 9.41. The van der Waals surface area contributed by atoms with Crippen molar-refractivity contribution in [2.75, 3.05) is 6.54 Å². The summed E-state index contributed by atoms with van der Waals surface area (Å²) in [6.45, 7) is 11.7. The van der Waals surface area contributed by atoms with Gasteiger partial charge in [-0.05, 0) is 13.5 Å². The Hall–Kier alpha value is -0.780. The molecule has 1 N–H and O–H groups in total. The second-order valence-corrected chi connectivity index (χ2v) is 7.39. The summed E-state index contributed by atoms with van der Waals surface area (Å²) in [7, 11) is 0. The van der Waals surface area contributed by atoms with E-state index in [1.165, 1.54) is 5.01 Å². The maximum absolute atomic E-state index is 4.81. The largest absolute Gasteiger partial charge is 0.303 e. The zero-order valence-electron chi connectivity index (χ0n) is 12.2. The van der Waals surface area contributed by atoms with Crippen molar-refractivity contribution in [1.29, 1.82) is 0 Å². The molecular weight excluding hydrogens is 274 g/mol. The van der Waals surface area contributed by atoms with Crippen LogP contribution in [0.2, 0.25) is 0 Å². The molecule has 19 heavy (non-hydrogen) atoms. The van der Waals surface area contributed by atoms with Crippen LogP contribution in [0.4, 0.5) is 0 Å². The molecule has 1 atom stereocenters. The van der Waals surface area contributed by atoms with Crippen molar-refractivity contribution in [3.05, 3.63) is 32.2 Å². The van der Waals surface area contributed by atoms with Gasteiger partial charge in [0.15, 0.2) is 0 Å². The minimum atomic E-state index is 0.110. The summed E-state index contributed by atoms with van der Waals surface area (Å²) in [6.07, 6.45) is 0. The van der Waals surface area contributed by atoms with Gasteiger partial charge in [0, 0.05) is 21.9 Å². The van der Waals surface area contributed by atoms with Crippen molar-refractivity contribution < 1.29 is 0 Å². The van der Waals surface area contributed by atoms with Crippen LogP contribution in [0.5, 0.6) is 0 Å². The van der Waals surface area contributed by atoms with Crippen molar-refractivity contribution in [3.8, 4) is 0 Å². The van der Waals surface area contributed by atoms with Crippen molar-refractivity contribution in [3.63, 3.8) is 0 Å². The molecule has 0 amide bonds. The predicted molar refractivity (Wildman–Crippen MR) is 83.2 cm³/mol. The third-order valence-electron chi connectivity index (χ3n) is 2.75. The van der Waals surface area contributed by atoms with Gasteiger partial charge in [-0.25, -0.2) is 9.97 Å². The van der Waals surface area contributed by atoms with E-state index in [1.807, 2.05) is 6.92 Å². The summed E-state index contributed by atoms with van der Waals surface area (Å²) in [5.41, 5.74) is 2.28. The van der Waals surface area contributed by atoms with E-state index in [9.17, 15) is 0 Å².